The van der Waals surface area contributed by atoms with Gasteiger partial charge in [-0.3, -0.25) is 14.4 Å². The summed E-state index contributed by atoms with van der Waals surface area (Å²) in [6.45, 7) is 2.10. The number of carbonyl (C=O) groups is 3. The first-order chi connectivity index (χ1) is 13.4. The van der Waals surface area contributed by atoms with Gasteiger partial charge in [0.25, 0.3) is 5.91 Å². The van der Waals surface area contributed by atoms with Crippen LogP contribution >= 0.6 is 11.8 Å². The minimum absolute atomic E-state index is 0.0835. The van der Waals surface area contributed by atoms with Crippen molar-refractivity contribution in [3.63, 3.8) is 0 Å². The minimum atomic E-state index is -0.567. The molecular weight excluding hydrogens is 376 g/mol. The molecule has 6 nitrogen and oxygen atoms in total. The number of hydrogen-bond donors (Lipinski definition) is 1. The summed E-state index contributed by atoms with van der Waals surface area (Å²) in [6.07, 6.45) is -0.0835. The van der Waals surface area contributed by atoms with Gasteiger partial charge in [0.05, 0.1) is 17.4 Å². The number of anilines is 1. The largest absolute Gasteiger partial charge is 0.456 e. The lowest BCUT2D eigenvalue weighted by molar-refractivity contribution is -0.152. The molecule has 0 saturated carbocycles. The number of aryl methyl sites for hydroxylation is 1. The van der Waals surface area contributed by atoms with Gasteiger partial charge in [-0.2, -0.15) is 0 Å². The van der Waals surface area contributed by atoms with E-state index >= 15 is 0 Å². The van der Waals surface area contributed by atoms with Gasteiger partial charge in [-0.25, -0.2) is 0 Å². The molecule has 2 aromatic rings. The van der Waals surface area contributed by atoms with Crippen LogP contribution in [0.5, 0.6) is 0 Å². The fourth-order valence-corrected chi connectivity index (χ4v) is 3.84. The molecule has 2 amide bonds. The van der Waals surface area contributed by atoms with Crippen LogP contribution in [0.4, 0.5) is 5.69 Å². The second-order valence-corrected chi connectivity index (χ2v) is 7.94. The normalized spacial score (nSPS) is 15.4. The van der Waals surface area contributed by atoms with Crippen molar-refractivity contribution < 1.29 is 19.1 Å². The number of nitrogens with zero attached hydrogens (tertiary/aromatic N) is 1. The Morgan fingerprint density at radius 3 is 2.61 bits per heavy atom. The van der Waals surface area contributed by atoms with Crippen LogP contribution in [-0.4, -0.2) is 41.6 Å². The third-order valence-electron chi connectivity index (χ3n) is 4.38. The van der Waals surface area contributed by atoms with Crippen LogP contribution in [0.25, 0.3) is 0 Å². The molecule has 0 saturated heterocycles. The first kappa shape index (κ1) is 19.9. The predicted molar refractivity (Wildman–Crippen MR) is 108 cm³/mol. The number of esters is 1. The monoisotopic (exact) mass is 398 g/mol. The average Bonchev–Trinajstić information content (AvgIpc) is 2.68. The van der Waals surface area contributed by atoms with Gasteiger partial charge in [0, 0.05) is 18.5 Å². The Kier molecular flexibility index (Phi) is 6.36. The highest BCUT2D eigenvalue weighted by molar-refractivity contribution is 8.01. The molecule has 1 aliphatic heterocycles. The molecule has 7 heteroatoms. The van der Waals surface area contributed by atoms with Crippen LogP contribution in [0.1, 0.15) is 17.5 Å². The second-order valence-electron chi connectivity index (χ2n) is 6.69. The summed E-state index contributed by atoms with van der Waals surface area (Å²) in [4.78, 5) is 38.9. The molecule has 0 unspecified atom stereocenters. The Morgan fingerprint density at radius 1 is 1.14 bits per heavy atom. The zero-order valence-corrected chi connectivity index (χ0v) is 16.6. The lowest BCUT2D eigenvalue weighted by atomic mass is 10.1. The topological polar surface area (TPSA) is 75.7 Å². The molecule has 2 aromatic carbocycles. The number of nitrogens with one attached hydrogen (secondary N) is 1. The average molecular weight is 398 g/mol. The maximum atomic E-state index is 12.2. The number of hydrogen-bond acceptors (Lipinski definition) is 5. The van der Waals surface area contributed by atoms with Gasteiger partial charge >= 0.3 is 5.97 Å². The molecule has 3 rings (SSSR count). The summed E-state index contributed by atoms with van der Waals surface area (Å²) >= 11 is 1.33. The summed E-state index contributed by atoms with van der Waals surface area (Å²) in [6, 6.07) is 15.3. The van der Waals surface area contributed by atoms with E-state index in [9.17, 15) is 14.4 Å². The van der Waals surface area contributed by atoms with Crippen molar-refractivity contribution in [3.05, 3.63) is 59.7 Å². The van der Waals surface area contributed by atoms with Crippen molar-refractivity contribution in [2.45, 2.75) is 30.0 Å². The lowest BCUT2D eigenvalue weighted by Gasteiger charge is -2.23. The number of benzene rings is 2. The van der Waals surface area contributed by atoms with Crippen LogP contribution in [0.15, 0.2) is 53.4 Å². The quantitative estimate of drug-likeness (QED) is 0.757. The van der Waals surface area contributed by atoms with E-state index < -0.39 is 11.2 Å². The van der Waals surface area contributed by atoms with E-state index in [1.165, 1.54) is 16.7 Å². The molecule has 0 aromatic heterocycles. The third kappa shape index (κ3) is 5.13. The molecule has 0 aliphatic carbocycles. The molecule has 0 bridgehead atoms. The third-order valence-corrected chi connectivity index (χ3v) is 5.66. The number of ether oxygens (including phenoxy) is 1. The highest BCUT2D eigenvalue weighted by Crippen LogP contribution is 2.36. The van der Waals surface area contributed by atoms with Crippen molar-refractivity contribution in [2.24, 2.45) is 0 Å². The van der Waals surface area contributed by atoms with Gasteiger partial charge in [0.15, 0.2) is 6.61 Å². The van der Waals surface area contributed by atoms with E-state index in [1.54, 1.807) is 7.05 Å². The SMILES string of the molecule is Cc1ccc(CN(C)C(=O)COC(=O)C[C@@H]2Sc3ccccc3NC2=O)cc1. The smallest absolute Gasteiger partial charge is 0.307 e. The highest BCUT2D eigenvalue weighted by atomic mass is 32.2. The Bertz CT molecular complexity index is 882. The van der Waals surface area contributed by atoms with E-state index in [2.05, 4.69) is 5.32 Å². The molecule has 1 aliphatic rings. The zero-order valence-electron chi connectivity index (χ0n) is 15.8. The minimum Gasteiger partial charge on any atom is -0.456 e. The number of fused-ring (bicyclic) bond motifs is 1. The molecule has 0 fully saturated rings. The van der Waals surface area contributed by atoms with Crippen LogP contribution in [0.3, 0.4) is 0 Å². The fraction of sp³-hybridized carbons (Fsp3) is 0.286. The first-order valence-electron chi connectivity index (χ1n) is 8.94. The maximum Gasteiger partial charge on any atom is 0.307 e. The molecular formula is C21H22N2O4S. The standard InChI is InChI=1S/C21H22N2O4S/c1-14-7-9-15(10-8-14)12-23(2)19(24)13-27-20(25)11-18-21(26)22-16-5-3-4-6-17(16)28-18/h3-10,18H,11-13H2,1-2H3,(H,22,26)/t18-/m0/s1. The molecule has 146 valence electrons. The fourth-order valence-electron chi connectivity index (χ4n) is 2.75. The van der Waals surface area contributed by atoms with E-state index in [-0.39, 0.29) is 24.8 Å². The molecule has 0 radical (unpaired) electrons. The van der Waals surface area contributed by atoms with E-state index in [0.717, 1.165) is 21.7 Å². The summed E-state index contributed by atoms with van der Waals surface area (Å²) in [5.74, 6) is -1.09. The number of para-hydroxylation sites is 1. The lowest BCUT2D eigenvalue weighted by Crippen LogP contribution is -2.33. The van der Waals surface area contributed by atoms with Gasteiger partial charge in [0.2, 0.25) is 5.91 Å². The van der Waals surface area contributed by atoms with Gasteiger partial charge < -0.3 is 15.0 Å². The molecule has 1 N–H and O–H groups in total. The van der Waals surface area contributed by atoms with E-state index in [0.29, 0.717) is 6.54 Å². The molecule has 0 spiro atoms. The maximum absolute atomic E-state index is 12.2. The van der Waals surface area contributed by atoms with Crippen LogP contribution in [-0.2, 0) is 25.7 Å². The van der Waals surface area contributed by atoms with Crippen molar-refractivity contribution in [2.75, 3.05) is 19.0 Å². The summed E-state index contributed by atoms with van der Waals surface area (Å²) in [5, 5.41) is 2.22. The summed E-state index contributed by atoms with van der Waals surface area (Å²) < 4.78 is 5.10. The van der Waals surface area contributed by atoms with Crippen LogP contribution < -0.4 is 5.32 Å². The van der Waals surface area contributed by atoms with Gasteiger partial charge in [-0.05, 0) is 24.6 Å². The first-order valence-corrected chi connectivity index (χ1v) is 9.82. The highest BCUT2D eigenvalue weighted by Gasteiger charge is 2.29. The Labute approximate surface area is 168 Å². The second kappa shape index (κ2) is 8.93. The number of thioether (sulfide) groups is 1. The number of amides is 2. The Morgan fingerprint density at radius 2 is 1.86 bits per heavy atom. The molecule has 1 heterocycles. The van der Waals surface area contributed by atoms with Gasteiger partial charge in [0.1, 0.15) is 0 Å². The van der Waals surface area contributed by atoms with Gasteiger partial charge in [-0.15, -0.1) is 11.8 Å². The van der Waals surface area contributed by atoms with E-state index in [4.69, 9.17) is 4.74 Å². The summed E-state index contributed by atoms with van der Waals surface area (Å²) in [5.41, 5.74) is 2.90. The molecule has 1 atom stereocenters. The van der Waals surface area contributed by atoms with E-state index in [1.807, 2.05) is 55.5 Å². The number of likely N-dealkylation sites (N-methyl/N-ethyl adjacent to an activating group) is 1. The van der Waals surface area contributed by atoms with Crippen LogP contribution in [0, 0.1) is 6.92 Å². The predicted octanol–water partition coefficient (Wildman–Crippen LogP) is 3.00. The molecule has 28 heavy (non-hydrogen) atoms. The van der Waals surface area contributed by atoms with Crippen molar-refractivity contribution in [1.29, 1.82) is 0 Å². The van der Waals surface area contributed by atoms with Crippen molar-refractivity contribution >= 4 is 35.2 Å². The van der Waals surface area contributed by atoms with Crippen molar-refractivity contribution in [1.82, 2.24) is 4.90 Å². The number of rotatable bonds is 6. The van der Waals surface area contributed by atoms with Gasteiger partial charge in [-0.1, -0.05) is 42.0 Å². The van der Waals surface area contributed by atoms with Crippen LogP contribution in [0.2, 0.25) is 0 Å². The Balaban J connectivity index is 1.46. The van der Waals surface area contributed by atoms with Crippen molar-refractivity contribution in [3.8, 4) is 0 Å². The number of carbonyl (C=O) groups excluding carboxylic acids is 3. The summed E-state index contributed by atoms with van der Waals surface area (Å²) in [7, 11) is 1.66. The Hall–Kier alpha value is -2.80. The zero-order chi connectivity index (χ0) is 20.1.